The molecule has 19 heavy (non-hydrogen) atoms. The third-order valence-electron chi connectivity index (χ3n) is 3.33. The standard InChI is InChI=1S/C12H20N2O5/c1-14(7-8-4-2-3-5-8)12(19)13-9(11(17)18)6-10(15)16/h8-9H,2-7H2,1H3,(H,13,19)(H,15,16)(H,17,18). The van der Waals surface area contributed by atoms with Crippen LogP contribution in [0.3, 0.4) is 0 Å². The summed E-state index contributed by atoms with van der Waals surface area (Å²) in [6.45, 7) is 0.575. The number of rotatable bonds is 6. The first-order valence-electron chi connectivity index (χ1n) is 6.36. The Morgan fingerprint density at radius 2 is 1.84 bits per heavy atom. The van der Waals surface area contributed by atoms with Gasteiger partial charge in [-0.1, -0.05) is 12.8 Å². The molecule has 1 aliphatic carbocycles. The van der Waals surface area contributed by atoms with Gasteiger partial charge in [-0.25, -0.2) is 9.59 Å². The van der Waals surface area contributed by atoms with Gasteiger partial charge >= 0.3 is 18.0 Å². The van der Waals surface area contributed by atoms with Crippen LogP contribution >= 0.6 is 0 Å². The summed E-state index contributed by atoms with van der Waals surface area (Å²) in [5.74, 6) is -2.14. The second kappa shape index (κ2) is 6.96. The van der Waals surface area contributed by atoms with Crippen LogP contribution in [-0.4, -0.2) is 52.7 Å². The van der Waals surface area contributed by atoms with Crippen LogP contribution in [0.4, 0.5) is 4.79 Å². The van der Waals surface area contributed by atoms with Crippen LogP contribution in [0, 0.1) is 5.92 Å². The number of carbonyl (C=O) groups is 3. The molecule has 0 aromatic carbocycles. The summed E-state index contributed by atoms with van der Waals surface area (Å²) in [7, 11) is 1.59. The fourth-order valence-corrected chi connectivity index (χ4v) is 2.30. The summed E-state index contributed by atoms with van der Waals surface area (Å²) in [6, 6.07) is -1.93. The maximum absolute atomic E-state index is 11.8. The van der Waals surface area contributed by atoms with Gasteiger partial charge in [-0.15, -0.1) is 0 Å². The van der Waals surface area contributed by atoms with E-state index in [4.69, 9.17) is 10.2 Å². The van der Waals surface area contributed by atoms with Crippen molar-refractivity contribution in [1.29, 1.82) is 0 Å². The molecule has 1 fully saturated rings. The zero-order valence-corrected chi connectivity index (χ0v) is 11.0. The van der Waals surface area contributed by atoms with E-state index in [9.17, 15) is 14.4 Å². The molecule has 1 atom stereocenters. The van der Waals surface area contributed by atoms with Gasteiger partial charge in [0, 0.05) is 13.6 Å². The monoisotopic (exact) mass is 272 g/mol. The first-order valence-corrected chi connectivity index (χ1v) is 6.36. The van der Waals surface area contributed by atoms with Crippen LogP contribution in [0.5, 0.6) is 0 Å². The smallest absolute Gasteiger partial charge is 0.326 e. The Balaban J connectivity index is 2.45. The van der Waals surface area contributed by atoms with Crippen molar-refractivity contribution in [3.05, 3.63) is 0 Å². The molecule has 0 aromatic heterocycles. The van der Waals surface area contributed by atoms with E-state index in [1.54, 1.807) is 7.05 Å². The lowest BCUT2D eigenvalue weighted by Gasteiger charge is -2.23. The van der Waals surface area contributed by atoms with E-state index in [1.807, 2.05) is 0 Å². The lowest BCUT2D eigenvalue weighted by molar-refractivity contribution is -0.145. The molecular formula is C12H20N2O5. The number of nitrogens with zero attached hydrogens (tertiary/aromatic N) is 1. The molecule has 1 rings (SSSR count). The van der Waals surface area contributed by atoms with Crippen molar-refractivity contribution in [2.24, 2.45) is 5.92 Å². The molecule has 1 unspecified atom stereocenters. The SMILES string of the molecule is CN(CC1CCCC1)C(=O)NC(CC(=O)O)C(=O)O. The predicted octanol–water partition coefficient (Wildman–Crippen LogP) is 0.746. The number of hydrogen-bond donors (Lipinski definition) is 3. The molecular weight excluding hydrogens is 252 g/mol. The van der Waals surface area contributed by atoms with Crippen molar-refractivity contribution in [1.82, 2.24) is 10.2 Å². The Labute approximate surface area is 111 Å². The minimum Gasteiger partial charge on any atom is -0.481 e. The van der Waals surface area contributed by atoms with Crippen molar-refractivity contribution < 1.29 is 24.6 Å². The Hall–Kier alpha value is -1.79. The number of nitrogens with one attached hydrogen (secondary N) is 1. The van der Waals surface area contributed by atoms with E-state index >= 15 is 0 Å². The number of amides is 2. The molecule has 108 valence electrons. The van der Waals surface area contributed by atoms with Crippen molar-refractivity contribution in [3.63, 3.8) is 0 Å². The normalized spacial score (nSPS) is 16.9. The van der Waals surface area contributed by atoms with Crippen molar-refractivity contribution in [2.45, 2.75) is 38.1 Å². The lowest BCUT2D eigenvalue weighted by atomic mass is 10.1. The van der Waals surface area contributed by atoms with Gasteiger partial charge in [0.25, 0.3) is 0 Å². The molecule has 0 radical (unpaired) electrons. The van der Waals surface area contributed by atoms with E-state index in [0.29, 0.717) is 12.5 Å². The molecule has 0 saturated heterocycles. The number of carbonyl (C=O) groups excluding carboxylic acids is 1. The van der Waals surface area contributed by atoms with Crippen LogP contribution in [-0.2, 0) is 9.59 Å². The average molecular weight is 272 g/mol. The van der Waals surface area contributed by atoms with Crippen LogP contribution in [0.1, 0.15) is 32.1 Å². The van der Waals surface area contributed by atoms with Gasteiger partial charge in [0.2, 0.25) is 0 Å². The number of carboxylic acids is 2. The van der Waals surface area contributed by atoms with Gasteiger partial charge < -0.3 is 20.4 Å². The highest BCUT2D eigenvalue weighted by Gasteiger charge is 2.25. The summed E-state index contributed by atoms with van der Waals surface area (Å²) < 4.78 is 0. The summed E-state index contributed by atoms with van der Waals surface area (Å²) in [6.07, 6.45) is 3.86. The summed E-state index contributed by atoms with van der Waals surface area (Å²) >= 11 is 0. The molecule has 7 heteroatoms. The summed E-state index contributed by atoms with van der Waals surface area (Å²) in [5.41, 5.74) is 0. The van der Waals surface area contributed by atoms with Crippen LogP contribution < -0.4 is 5.32 Å². The minimum absolute atomic E-state index is 0.457. The van der Waals surface area contributed by atoms with E-state index in [2.05, 4.69) is 5.32 Å². The Kier molecular flexibility index (Phi) is 5.59. The average Bonchev–Trinajstić information content (AvgIpc) is 2.79. The van der Waals surface area contributed by atoms with Crippen molar-refractivity contribution in [3.8, 4) is 0 Å². The molecule has 7 nitrogen and oxygen atoms in total. The molecule has 1 saturated carbocycles. The van der Waals surface area contributed by atoms with E-state index in [-0.39, 0.29) is 0 Å². The maximum atomic E-state index is 11.8. The van der Waals surface area contributed by atoms with Gasteiger partial charge in [-0.2, -0.15) is 0 Å². The van der Waals surface area contributed by atoms with Crippen LogP contribution in [0.25, 0.3) is 0 Å². The molecule has 1 aliphatic rings. The number of carboxylic acid groups (broad SMARTS) is 2. The second-order valence-electron chi connectivity index (χ2n) is 4.97. The van der Waals surface area contributed by atoms with Crippen LogP contribution in [0.2, 0.25) is 0 Å². The van der Waals surface area contributed by atoms with Crippen LogP contribution in [0.15, 0.2) is 0 Å². The highest BCUT2D eigenvalue weighted by atomic mass is 16.4. The zero-order chi connectivity index (χ0) is 14.4. The molecule has 3 N–H and O–H groups in total. The quantitative estimate of drug-likeness (QED) is 0.661. The molecule has 0 aliphatic heterocycles. The zero-order valence-electron chi connectivity index (χ0n) is 11.0. The summed E-state index contributed by atoms with van der Waals surface area (Å²) in [4.78, 5) is 34.6. The van der Waals surface area contributed by atoms with E-state index in [1.165, 1.54) is 4.90 Å². The molecule has 0 spiro atoms. The Morgan fingerprint density at radius 1 is 1.26 bits per heavy atom. The van der Waals surface area contributed by atoms with Gasteiger partial charge in [0.15, 0.2) is 0 Å². The molecule has 2 amide bonds. The minimum atomic E-state index is -1.39. The third kappa shape index (κ3) is 5.15. The van der Waals surface area contributed by atoms with Gasteiger partial charge in [-0.05, 0) is 18.8 Å². The summed E-state index contributed by atoms with van der Waals surface area (Å²) in [5, 5.41) is 19.7. The van der Waals surface area contributed by atoms with Gasteiger partial charge in [0.1, 0.15) is 6.04 Å². The van der Waals surface area contributed by atoms with Gasteiger partial charge in [-0.3, -0.25) is 4.79 Å². The van der Waals surface area contributed by atoms with E-state index in [0.717, 1.165) is 25.7 Å². The first kappa shape index (κ1) is 15.3. The van der Waals surface area contributed by atoms with E-state index < -0.39 is 30.4 Å². The largest absolute Gasteiger partial charge is 0.481 e. The molecule has 0 bridgehead atoms. The maximum Gasteiger partial charge on any atom is 0.326 e. The highest BCUT2D eigenvalue weighted by molar-refractivity contribution is 5.86. The van der Waals surface area contributed by atoms with Gasteiger partial charge in [0.05, 0.1) is 6.42 Å². The lowest BCUT2D eigenvalue weighted by Crippen LogP contribution is -2.48. The Morgan fingerprint density at radius 3 is 2.32 bits per heavy atom. The molecule has 0 aromatic rings. The fraction of sp³-hybridized carbons (Fsp3) is 0.750. The molecule has 0 heterocycles. The topological polar surface area (TPSA) is 107 Å². The number of aliphatic carboxylic acids is 2. The first-order chi connectivity index (χ1) is 8.90. The third-order valence-corrected chi connectivity index (χ3v) is 3.33. The van der Waals surface area contributed by atoms with Crippen molar-refractivity contribution >= 4 is 18.0 Å². The number of urea groups is 1. The second-order valence-corrected chi connectivity index (χ2v) is 4.97. The fourth-order valence-electron chi connectivity index (χ4n) is 2.30. The highest BCUT2D eigenvalue weighted by Crippen LogP contribution is 2.25. The van der Waals surface area contributed by atoms with Crippen molar-refractivity contribution in [2.75, 3.05) is 13.6 Å². The predicted molar refractivity (Wildman–Crippen MR) is 66.8 cm³/mol. The number of hydrogen-bond acceptors (Lipinski definition) is 3. The Bertz CT molecular complexity index is 352.